The third-order valence-electron chi connectivity index (χ3n) is 6.52. The molecule has 0 aliphatic heterocycles. The third-order valence-corrected chi connectivity index (χ3v) is 6.52. The molecule has 0 bridgehead atoms. The van der Waals surface area contributed by atoms with Crippen molar-refractivity contribution in [3.05, 3.63) is 65.7 Å². The molecule has 2 aromatic carbocycles. The van der Waals surface area contributed by atoms with Crippen LogP contribution in [0, 0.1) is 11.8 Å². The molecule has 0 fully saturated rings. The third kappa shape index (κ3) is 10.2. The van der Waals surface area contributed by atoms with Crippen molar-refractivity contribution >= 4 is 17.9 Å². The molecule has 0 spiro atoms. The van der Waals surface area contributed by atoms with E-state index in [1.165, 1.54) is 12.1 Å². The molecule has 220 valence electrons. The summed E-state index contributed by atoms with van der Waals surface area (Å²) in [5, 5.41) is 16.0. The summed E-state index contributed by atoms with van der Waals surface area (Å²) in [4.78, 5) is 42.6. The number of carbonyl (C=O) groups excluding carboxylic acids is 3. The number of rotatable bonds is 12. The lowest BCUT2D eigenvalue weighted by atomic mass is 9.95. The van der Waals surface area contributed by atoms with Gasteiger partial charge in [-0.3, -0.25) is 9.59 Å². The first-order valence-corrected chi connectivity index (χ1v) is 14.1. The Morgan fingerprint density at radius 1 is 0.925 bits per heavy atom. The predicted octanol–water partition coefficient (Wildman–Crippen LogP) is 5.95. The summed E-state index contributed by atoms with van der Waals surface area (Å²) in [6.45, 7) is 15.4. The van der Waals surface area contributed by atoms with Gasteiger partial charge in [0.1, 0.15) is 23.4 Å². The van der Waals surface area contributed by atoms with Crippen molar-refractivity contribution in [2.24, 2.45) is 11.8 Å². The Hall–Kier alpha value is -3.55. The van der Waals surface area contributed by atoms with Crippen LogP contribution < -0.4 is 10.6 Å². The summed E-state index contributed by atoms with van der Waals surface area (Å²) in [6.07, 6.45) is 0.800. The van der Waals surface area contributed by atoms with E-state index >= 15 is 0 Å². The number of ether oxygens (including phenoxy) is 1. The van der Waals surface area contributed by atoms with E-state index in [1.807, 2.05) is 51.1 Å². The topological polar surface area (TPSA) is 108 Å². The fraction of sp³-hybridized carbons (Fsp3) is 0.531. The van der Waals surface area contributed by atoms with Crippen molar-refractivity contribution in [2.45, 2.75) is 98.5 Å². The Balaban J connectivity index is 2.54. The van der Waals surface area contributed by atoms with Crippen LogP contribution in [-0.2, 0) is 20.9 Å². The second kappa shape index (κ2) is 14.7. The highest BCUT2D eigenvalue weighted by molar-refractivity contribution is 5.92. The first-order chi connectivity index (χ1) is 18.7. The van der Waals surface area contributed by atoms with Gasteiger partial charge in [0.05, 0.1) is 0 Å². The van der Waals surface area contributed by atoms with Gasteiger partial charge in [-0.2, -0.15) is 0 Å². The van der Waals surface area contributed by atoms with Gasteiger partial charge in [-0.25, -0.2) is 4.79 Å². The minimum Gasteiger partial charge on any atom is -0.508 e. The Bertz CT molecular complexity index is 1110. The maximum absolute atomic E-state index is 14.4. The van der Waals surface area contributed by atoms with Gasteiger partial charge in [-0.1, -0.05) is 70.2 Å². The van der Waals surface area contributed by atoms with Crippen molar-refractivity contribution in [1.82, 2.24) is 15.5 Å². The van der Waals surface area contributed by atoms with Gasteiger partial charge in [0.15, 0.2) is 0 Å². The highest BCUT2D eigenvalue weighted by Gasteiger charge is 2.40. The number of hydrogen-bond donors (Lipinski definition) is 3. The number of benzene rings is 2. The van der Waals surface area contributed by atoms with E-state index in [2.05, 4.69) is 24.5 Å². The fourth-order valence-electron chi connectivity index (χ4n) is 4.44. The van der Waals surface area contributed by atoms with E-state index in [-0.39, 0.29) is 36.1 Å². The lowest BCUT2D eigenvalue weighted by molar-refractivity contribution is -0.146. The lowest BCUT2D eigenvalue weighted by Crippen LogP contribution is -2.57. The number of phenolic OH excluding ortho intramolecular Hbond substituents is 1. The minimum absolute atomic E-state index is 0.00659. The van der Waals surface area contributed by atoms with E-state index in [4.69, 9.17) is 4.74 Å². The molecule has 2 rings (SSSR count). The summed E-state index contributed by atoms with van der Waals surface area (Å²) in [5.41, 5.74) is 0.665. The van der Waals surface area contributed by atoms with Crippen molar-refractivity contribution in [3.8, 4) is 5.75 Å². The van der Waals surface area contributed by atoms with Crippen LogP contribution in [0.15, 0.2) is 54.6 Å². The number of amides is 3. The molecule has 0 aliphatic rings. The monoisotopic (exact) mass is 553 g/mol. The summed E-state index contributed by atoms with van der Waals surface area (Å²) in [6, 6.07) is 13.6. The molecule has 0 aromatic heterocycles. The van der Waals surface area contributed by atoms with Gasteiger partial charge in [-0.15, -0.1) is 0 Å². The first kappa shape index (κ1) is 32.7. The largest absolute Gasteiger partial charge is 0.508 e. The normalized spacial score (nSPS) is 13.8. The number of nitrogens with zero attached hydrogens (tertiary/aromatic N) is 1. The zero-order valence-corrected chi connectivity index (χ0v) is 25.2. The molecule has 3 atom stereocenters. The molecule has 8 heteroatoms. The Morgan fingerprint density at radius 2 is 1.57 bits per heavy atom. The van der Waals surface area contributed by atoms with Crippen molar-refractivity contribution in [2.75, 3.05) is 0 Å². The van der Waals surface area contributed by atoms with Crippen LogP contribution in [0.1, 0.15) is 85.4 Å². The standard InChI is InChI=1S/C32H47N3O5/c1-21(2)17-18-23(5)35(30(38)27(22(3)4)34-31(39)40-32(6,7)8)28(25-15-12-16-26(36)19-25)29(37)33-20-24-13-10-9-11-14-24/h9-16,19,21-23,27-28,36H,17-18,20H2,1-8H3,(H,33,37)(H,34,39). The molecule has 3 N–H and O–H groups in total. The second-order valence-corrected chi connectivity index (χ2v) is 12.1. The van der Waals surface area contributed by atoms with Crippen LogP contribution in [0.2, 0.25) is 0 Å². The number of nitrogens with one attached hydrogen (secondary N) is 2. The Kier molecular flexibility index (Phi) is 12.0. The molecule has 3 amide bonds. The van der Waals surface area contributed by atoms with Crippen LogP contribution in [0.25, 0.3) is 0 Å². The molecular weight excluding hydrogens is 506 g/mol. The first-order valence-electron chi connectivity index (χ1n) is 14.1. The predicted molar refractivity (Wildman–Crippen MR) is 158 cm³/mol. The van der Waals surface area contributed by atoms with Gasteiger partial charge >= 0.3 is 6.09 Å². The van der Waals surface area contributed by atoms with Gasteiger partial charge in [0.2, 0.25) is 11.8 Å². The van der Waals surface area contributed by atoms with E-state index in [9.17, 15) is 19.5 Å². The lowest BCUT2D eigenvalue weighted by Gasteiger charge is -2.39. The maximum atomic E-state index is 14.4. The van der Waals surface area contributed by atoms with E-state index in [1.54, 1.807) is 37.8 Å². The highest BCUT2D eigenvalue weighted by Crippen LogP contribution is 2.30. The molecule has 2 aromatic rings. The molecule has 0 radical (unpaired) electrons. The highest BCUT2D eigenvalue weighted by atomic mass is 16.6. The molecule has 8 nitrogen and oxygen atoms in total. The Labute approximate surface area is 239 Å². The van der Waals surface area contributed by atoms with Crippen LogP contribution >= 0.6 is 0 Å². The molecule has 0 saturated carbocycles. The zero-order chi connectivity index (χ0) is 30.0. The van der Waals surface area contributed by atoms with Gasteiger partial charge in [-0.05, 0) is 75.6 Å². The zero-order valence-electron chi connectivity index (χ0n) is 25.2. The van der Waals surface area contributed by atoms with Gasteiger partial charge in [0.25, 0.3) is 0 Å². The molecule has 40 heavy (non-hydrogen) atoms. The van der Waals surface area contributed by atoms with Gasteiger partial charge < -0.3 is 25.4 Å². The van der Waals surface area contributed by atoms with Crippen molar-refractivity contribution < 1.29 is 24.2 Å². The van der Waals surface area contributed by atoms with Crippen LogP contribution in [-0.4, -0.2) is 45.6 Å². The molecule has 3 unspecified atom stereocenters. The summed E-state index contributed by atoms with van der Waals surface area (Å²) >= 11 is 0. The fourth-order valence-corrected chi connectivity index (χ4v) is 4.44. The molecule has 0 saturated heterocycles. The molecule has 0 heterocycles. The summed E-state index contributed by atoms with van der Waals surface area (Å²) < 4.78 is 5.45. The number of carbonyl (C=O) groups is 3. The van der Waals surface area contributed by atoms with E-state index < -0.39 is 23.8 Å². The van der Waals surface area contributed by atoms with Crippen LogP contribution in [0.4, 0.5) is 4.79 Å². The van der Waals surface area contributed by atoms with Gasteiger partial charge in [0, 0.05) is 12.6 Å². The number of alkyl carbamates (subject to hydrolysis) is 1. The molecule has 0 aliphatic carbocycles. The minimum atomic E-state index is -1.04. The quantitative estimate of drug-likeness (QED) is 0.301. The summed E-state index contributed by atoms with van der Waals surface area (Å²) in [7, 11) is 0. The number of hydrogen-bond acceptors (Lipinski definition) is 5. The molecular formula is C32H47N3O5. The van der Waals surface area contributed by atoms with Crippen LogP contribution in [0.3, 0.4) is 0 Å². The second-order valence-electron chi connectivity index (χ2n) is 12.1. The average Bonchev–Trinajstić information content (AvgIpc) is 2.86. The van der Waals surface area contributed by atoms with Crippen molar-refractivity contribution in [3.63, 3.8) is 0 Å². The maximum Gasteiger partial charge on any atom is 0.408 e. The smallest absolute Gasteiger partial charge is 0.408 e. The average molecular weight is 554 g/mol. The SMILES string of the molecule is CC(C)CCC(C)N(C(=O)C(NC(=O)OC(C)(C)C)C(C)C)C(C(=O)NCc1ccccc1)c1cccc(O)c1. The van der Waals surface area contributed by atoms with Crippen molar-refractivity contribution in [1.29, 1.82) is 0 Å². The Morgan fingerprint density at radius 3 is 2.12 bits per heavy atom. The van der Waals surface area contributed by atoms with E-state index in [0.717, 1.165) is 12.0 Å². The number of aromatic hydroxyl groups is 1. The summed E-state index contributed by atoms with van der Waals surface area (Å²) in [5.74, 6) is -0.657. The van der Waals surface area contributed by atoms with Crippen LogP contribution in [0.5, 0.6) is 5.75 Å². The number of phenols is 1. The van der Waals surface area contributed by atoms with E-state index in [0.29, 0.717) is 17.9 Å².